The maximum Gasteiger partial charge on any atom is 0.433 e. The third-order valence-corrected chi connectivity index (χ3v) is 3.60. The minimum atomic E-state index is -4.58. The number of aromatic nitrogens is 5. The molecule has 0 saturated carbocycles. The molecule has 158 valence electrons. The predicted octanol–water partition coefficient (Wildman–Crippen LogP) is 3.10. The Morgan fingerprint density at radius 3 is 2.17 bits per heavy atom. The van der Waals surface area contributed by atoms with Crippen molar-refractivity contribution in [2.24, 2.45) is 0 Å². The highest BCUT2D eigenvalue weighted by atomic mass is 19.4. The number of nitrogens with zero attached hydrogens (tertiary/aromatic N) is 5. The van der Waals surface area contributed by atoms with Crippen LogP contribution in [0.5, 0.6) is 6.01 Å². The van der Waals surface area contributed by atoms with Gasteiger partial charge < -0.3 is 4.74 Å². The van der Waals surface area contributed by atoms with Gasteiger partial charge in [-0.15, -0.1) is 0 Å². The lowest BCUT2D eigenvalue weighted by molar-refractivity contribution is -0.154. The Labute approximate surface area is 164 Å². The predicted molar refractivity (Wildman–Crippen MR) is 89.4 cm³/mol. The van der Waals surface area contributed by atoms with Crippen molar-refractivity contribution in [1.29, 1.82) is 0 Å². The van der Waals surface area contributed by atoms with E-state index in [-0.39, 0.29) is 17.8 Å². The first-order valence-electron chi connectivity index (χ1n) is 8.13. The number of hydrogen-bond acceptors (Lipinski definition) is 6. The first-order chi connectivity index (χ1) is 14.0. The molecule has 3 aromatic heterocycles. The molecular formula is C17H11F6N5O2. The van der Waals surface area contributed by atoms with E-state index in [2.05, 4.69) is 24.8 Å². The zero-order chi connectivity index (χ0) is 21.9. The third-order valence-electron chi connectivity index (χ3n) is 3.60. The molecule has 13 heteroatoms. The lowest BCUT2D eigenvalue weighted by Crippen LogP contribution is -2.23. The largest absolute Gasteiger partial charge is 0.454 e. The summed E-state index contributed by atoms with van der Waals surface area (Å²) in [7, 11) is 0. The van der Waals surface area contributed by atoms with Gasteiger partial charge in [-0.05, 0) is 17.7 Å². The van der Waals surface area contributed by atoms with Gasteiger partial charge in [0, 0.05) is 30.2 Å². The summed E-state index contributed by atoms with van der Waals surface area (Å²) >= 11 is 0. The van der Waals surface area contributed by atoms with Gasteiger partial charge >= 0.3 is 18.4 Å². The molecular weight excluding hydrogens is 420 g/mol. The molecule has 0 radical (unpaired) electrons. The van der Waals surface area contributed by atoms with Gasteiger partial charge in [0.2, 0.25) is 0 Å². The summed E-state index contributed by atoms with van der Waals surface area (Å²) in [6.07, 6.45) is -5.81. The standard InChI is InChI=1S/C17H11F6N5O2/c18-16(19,20)9-30-15-25-6-11(7-26-15)12-2-4-14(29)28(27-12)8-10-1-3-13(24-5-10)17(21,22)23/h1-7H,8-9H2. The molecule has 0 saturated heterocycles. The van der Waals surface area contributed by atoms with Gasteiger partial charge in [-0.2, -0.15) is 31.4 Å². The van der Waals surface area contributed by atoms with Crippen molar-refractivity contribution in [3.05, 3.63) is 64.5 Å². The molecule has 0 atom stereocenters. The topological polar surface area (TPSA) is 82.8 Å². The van der Waals surface area contributed by atoms with Gasteiger partial charge in [-0.25, -0.2) is 14.6 Å². The highest BCUT2D eigenvalue weighted by Gasteiger charge is 2.32. The lowest BCUT2D eigenvalue weighted by atomic mass is 10.2. The Morgan fingerprint density at radius 2 is 1.60 bits per heavy atom. The average molecular weight is 431 g/mol. The Balaban J connectivity index is 1.77. The summed E-state index contributed by atoms with van der Waals surface area (Å²) in [5.74, 6) is 0. The lowest BCUT2D eigenvalue weighted by Gasteiger charge is -2.09. The fourth-order valence-corrected chi connectivity index (χ4v) is 2.24. The number of pyridine rings is 1. The highest BCUT2D eigenvalue weighted by Crippen LogP contribution is 2.27. The van der Waals surface area contributed by atoms with E-state index in [9.17, 15) is 31.1 Å². The molecule has 0 aromatic carbocycles. The number of alkyl halides is 6. The van der Waals surface area contributed by atoms with Gasteiger partial charge in [-0.1, -0.05) is 6.07 Å². The van der Waals surface area contributed by atoms with Gasteiger partial charge in [0.05, 0.1) is 12.2 Å². The van der Waals surface area contributed by atoms with Crippen LogP contribution in [0.4, 0.5) is 26.3 Å². The summed E-state index contributed by atoms with van der Waals surface area (Å²) in [4.78, 5) is 22.6. The maximum absolute atomic E-state index is 12.6. The third kappa shape index (κ3) is 5.52. The van der Waals surface area contributed by atoms with Crippen LogP contribution in [0.1, 0.15) is 11.3 Å². The van der Waals surface area contributed by atoms with E-state index in [4.69, 9.17) is 0 Å². The summed E-state index contributed by atoms with van der Waals surface area (Å²) < 4.78 is 79.6. The molecule has 0 bridgehead atoms. The molecule has 30 heavy (non-hydrogen) atoms. The first kappa shape index (κ1) is 21.2. The van der Waals surface area contributed by atoms with Crippen LogP contribution in [0, 0.1) is 0 Å². The second kappa shape index (κ2) is 8.08. The van der Waals surface area contributed by atoms with Crippen LogP contribution < -0.4 is 10.3 Å². The van der Waals surface area contributed by atoms with E-state index in [0.29, 0.717) is 5.56 Å². The van der Waals surface area contributed by atoms with Crippen LogP contribution in [0.15, 0.2) is 47.7 Å². The zero-order valence-corrected chi connectivity index (χ0v) is 14.8. The Kier molecular flexibility index (Phi) is 5.71. The van der Waals surface area contributed by atoms with E-state index in [1.165, 1.54) is 18.2 Å². The average Bonchev–Trinajstić information content (AvgIpc) is 2.68. The first-order valence-corrected chi connectivity index (χ1v) is 8.13. The van der Waals surface area contributed by atoms with Crippen LogP contribution >= 0.6 is 0 Å². The van der Waals surface area contributed by atoms with Gasteiger partial charge in [0.25, 0.3) is 5.56 Å². The van der Waals surface area contributed by atoms with Crippen LogP contribution in [-0.2, 0) is 12.7 Å². The van der Waals surface area contributed by atoms with E-state index < -0.39 is 36.2 Å². The van der Waals surface area contributed by atoms with Crippen molar-refractivity contribution in [3.8, 4) is 17.3 Å². The molecule has 0 spiro atoms. The molecule has 0 unspecified atom stereocenters. The smallest absolute Gasteiger partial charge is 0.433 e. The maximum atomic E-state index is 12.6. The van der Waals surface area contributed by atoms with Gasteiger partial charge in [0.15, 0.2) is 6.61 Å². The monoisotopic (exact) mass is 431 g/mol. The molecule has 0 aliphatic carbocycles. The Bertz CT molecular complexity index is 1060. The molecule has 0 aliphatic rings. The summed E-state index contributed by atoms with van der Waals surface area (Å²) in [5, 5.41) is 4.08. The highest BCUT2D eigenvalue weighted by molar-refractivity contribution is 5.55. The van der Waals surface area contributed by atoms with Crippen molar-refractivity contribution in [1.82, 2.24) is 24.7 Å². The molecule has 0 amide bonds. The molecule has 3 rings (SSSR count). The summed E-state index contributed by atoms with van der Waals surface area (Å²) in [6, 6.07) is 4.00. The van der Waals surface area contributed by atoms with Crippen molar-refractivity contribution < 1.29 is 31.1 Å². The normalized spacial score (nSPS) is 12.1. The van der Waals surface area contributed by atoms with Crippen LogP contribution in [0.3, 0.4) is 0 Å². The molecule has 0 aliphatic heterocycles. The van der Waals surface area contributed by atoms with E-state index in [0.717, 1.165) is 29.3 Å². The summed E-state index contributed by atoms with van der Waals surface area (Å²) in [5.41, 5.74) is -0.776. The van der Waals surface area contributed by atoms with Crippen LogP contribution in [-0.4, -0.2) is 37.5 Å². The molecule has 0 fully saturated rings. The van der Waals surface area contributed by atoms with Crippen LogP contribution in [0.25, 0.3) is 11.3 Å². The second-order valence-corrected chi connectivity index (χ2v) is 5.92. The minimum Gasteiger partial charge on any atom is -0.454 e. The minimum absolute atomic E-state index is 0.147. The molecule has 3 heterocycles. The number of rotatable bonds is 5. The Hall–Kier alpha value is -3.51. The van der Waals surface area contributed by atoms with E-state index in [1.807, 2.05) is 0 Å². The van der Waals surface area contributed by atoms with Crippen molar-refractivity contribution in [2.45, 2.75) is 18.9 Å². The molecule has 3 aromatic rings. The SMILES string of the molecule is O=c1ccc(-c2cnc(OCC(F)(F)F)nc2)nn1Cc1ccc(C(F)(F)F)nc1. The van der Waals surface area contributed by atoms with E-state index >= 15 is 0 Å². The van der Waals surface area contributed by atoms with E-state index in [1.54, 1.807) is 0 Å². The molecule has 0 N–H and O–H groups in total. The van der Waals surface area contributed by atoms with Crippen molar-refractivity contribution in [2.75, 3.05) is 6.61 Å². The fourth-order valence-electron chi connectivity index (χ4n) is 2.24. The van der Waals surface area contributed by atoms with Crippen LogP contribution in [0.2, 0.25) is 0 Å². The number of ether oxygens (including phenoxy) is 1. The van der Waals surface area contributed by atoms with Gasteiger partial charge in [0.1, 0.15) is 5.69 Å². The number of hydrogen-bond donors (Lipinski definition) is 0. The van der Waals surface area contributed by atoms with Gasteiger partial charge in [-0.3, -0.25) is 9.78 Å². The number of halogens is 6. The Morgan fingerprint density at radius 1 is 0.900 bits per heavy atom. The fraction of sp³-hybridized carbons (Fsp3) is 0.235. The molecule has 7 nitrogen and oxygen atoms in total. The zero-order valence-electron chi connectivity index (χ0n) is 14.8. The van der Waals surface area contributed by atoms with Crippen molar-refractivity contribution >= 4 is 0 Å². The second-order valence-electron chi connectivity index (χ2n) is 5.92. The quantitative estimate of drug-likeness (QED) is 0.578. The van der Waals surface area contributed by atoms with Crippen molar-refractivity contribution in [3.63, 3.8) is 0 Å². The summed E-state index contributed by atoms with van der Waals surface area (Å²) in [6.45, 7) is -1.69.